The van der Waals surface area contributed by atoms with Crippen molar-refractivity contribution in [2.45, 2.75) is 19.8 Å². The van der Waals surface area contributed by atoms with Crippen molar-refractivity contribution in [2.75, 3.05) is 13.2 Å². The van der Waals surface area contributed by atoms with E-state index in [4.69, 9.17) is 9.84 Å². The molecule has 0 saturated heterocycles. The lowest BCUT2D eigenvalue weighted by molar-refractivity contribution is 0.288. The van der Waals surface area contributed by atoms with E-state index in [1.165, 1.54) is 0 Å². The molecular formula is C13H17N3O2. The zero-order chi connectivity index (χ0) is 12.8. The molecule has 96 valence electrons. The third-order valence-electron chi connectivity index (χ3n) is 2.54. The van der Waals surface area contributed by atoms with E-state index in [1.807, 2.05) is 37.4 Å². The molecule has 0 aliphatic carbocycles. The van der Waals surface area contributed by atoms with Crippen LogP contribution < -0.4 is 4.74 Å². The number of aryl methyl sites for hydroxylation is 1. The van der Waals surface area contributed by atoms with Gasteiger partial charge >= 0.3 is 0 Å². The van der Waals surface area contributed by atoms with Crippen molar-refractivity contribution in [2.24, 2.45) is 0 Å². The van der Waals surface area contributed by atoms with Gasteiger partial charge in [0.05, 0.1) is 24.2 Å². The standard InChI is InChI=1S/C13H17N3O2/c1-2-18-13-7-5-12(6-8-13)16-10-11(14-15-16)4-3-9-17/h5-8,10,17H,2-4,9H2,1H3. The number of nitrogens with zero attached hydrogens (tertiary/aromatic N) is 3. The lowest BCUT2D eigenvalue weighted by Gasteiger charge is -2.04. The minimum Gasteiger partial charge on any atom is -0.494 e. The quantitative estimate of drug-likeness (QED) is 0.842. The van der Waals surface area contributed by atoms with Gasteiger partial charge in [-0.15, -0.1) is 5.10 Å². The Balaban J connectivity index is 2.08. The summed E-state index contributed by atoms with van der Waals surface area (Å²) in [4.78, 5) is 0. The summed E-state index contributed by atoms with van der Waals surface area (Å²) in [5.74, 6) is 0.849. The number of rotatable bonds is 6. The van der Waals surface area contributed by atoms with Crippen LogP contribution >= 0.6 is 0 Å². The molecule has 18 heavy (non-hydrogen) atoms. The molecule has 5 nitrogen and oxygen atoms in total. The minimum absolute atomic E-state index is 0.177. The van der Waals surface area contributed by atoms with Gasteiger partial charge in [-0.2, -0.15) is 0 Å². The van der Waals surface area contributed by atoms with Gasteiger partial charge in [-0.1, -0.05) is 5.21 Å². The molecule has 0 amide bonds. The maximum absolute atomic E-state index is 8.76. The van der Waals surface area contributed by atoms with Crippen LogP contribution in [0.25, 0.3) is 5.69 Å². The van der Waals surface area contributed by atoms with E-state index in [9.17, 15) is 0 Å². The number of ether oxygens (including phenoxy) is 1. The van der Waals surface area contributed by atoms with Crippen molar-refractivity contribution in [1.82, 2.24) is 15.0 Å². The molecule has 1 N–H and O–H groups in total. The van der Waals surface area contributed by atoms with Crippen molar-refractivity contribution < 1.29 is 9.84 Å². The number of aliphatic hydroxyl groups is 1. The summed E-state index contributed by atoms with van der Waals surface area (Å²) in [6.45, 7) is 2.79. The first-order chi connectivity index (χ1) is 8.83. The summed E-state index contributed by atoms with van der Waals surface area (Å²) in [5, 5.41) is 16.9. The first-order valence-electron chi connectivity index (χ1n) is 6.09. The SMILES string of the molecule is CCOc1ccc(-n2cc(CCCO)nn2)cc1. The second-order valence-corrected chi connectivity index (χ2v) is 3.91. The highest BCUT2D eigenvalue weighted by Gasteiger charge is 2.02. The molecule has 2 rings (SSSR count). The van der Waals surface area contributed by atoms with Crippen LogP contribution in [0.5, 0.6) is 5.75 Å². The maximum atomic E-state index is 8.76. The number of hydrogen-bond acceptors (Lipinski definition) is 4. The fourth-order valence-corrected chi connectivity index (χ4v) is 1.66. The van der Waals surface area contributed by atoms with Crippen molar-refractivity contribution in [3.63, 3.8) is 0 Å². The maximum Gasteiger partial charge on any atom is 0.119 e. The monoisotopic (exact) mass is 247 g/mol. The van der Waals surface area contributed by atoms with Crippen molar-refractivity contribution in [3.8, 4) is 11.4 Å². The van der Waals surface area contributed by atoms with Crippen molar-refractivity contribution >= 4 is 0 Å². The first kappa shape index (κ1) is 12.6. The Hall–Kier alpha value is -1.88. The Labute approximate surface area is 106 Å². The van der Waals surface area contributed by atoms with Gasteiger partial charge in [0.25, 0.3) is 0 Å². The predicted molar refractivity (Wildman–Crippen MR) is 67.9 cm³/mol. The fraction of sp³-hybridized carbons (Fsp3) is 0.385. The molecule has 1 aromatic carbocycles. The van der Waals surface area contributed by atoms with Gasteiger partial charge in [-0.3, -0.25) is 0 Å². The van der Waals surface area contributed by atoms with E-state index in [0.717, 1.165) is 23.6 Å². The topological polar surface area (TPSA) is 60.2 Å². The molecule has 0 spiro atoms. The van der Waals surface area contributed by atoms with E-state index in [-0.39, 0.29) is 6.61 Å². The molecule has 0 fully saturated rings. The molecule has 0 saturated carbocycles. The Morgan fingerprint density at radius 3 is 2.72 bits per heavy atom. The average molecular weight is 247 g/mol. The van der Waals surface area contributed by atoms with Gasteiger partial charge in [0, 0.05) is 6.61 Å². The van der Waals surface area contributed by atoms with Gasteiger partial charge in [0.2, 0.25) is 0 Å². The highest BCUT2D eigenvalue weighted by Crippen LogP contribution is 2.14. The molecule has 0 bridgehead atoms. The van der Waals surface area contributed by atoms with E-state index in [1.54, 1.807) is 4.68 Å². The fourth-order valence-electron chi connectivity index (χ4n) is 1.66. The molecule has 0 aliphatic heterocycles. The predicted octanol–water partition coefficient (Wildman–Crippen LogP) is 1.59. The molecular weight excluding hydrogens is 230 g/mol. The zero-order valence-corrected chi connectivity index (χ0v) is 10.4. The van der Waals surface area contributed by atoms with Crippen LogP contribution in [0.15, 0.2) is 30.5 Å². The molecule has 1 aromatic heterocycles. The largest absolute Gasteiger partial charge is 0.494 e. The Morgan fingerprint density at radius 1 is 1.28 bits per heavy atom. The van der Waals surface area contributed by atoms with Crippen LogP contribution in [-0.2, 0) is 6.42 Å². The van der Waals surface area contributed by atoms with Gasteiger partial charge in [-0.05, 0) is 44.0 Å². The van der Waals surface area contributed by atoms with E-state index < -0.39 is 0 Å². The second-order valence-electron chi connectivity index (χ2n) is 3.91. The summed E-state index contributed by atoms with van der Waals surface area (Å²) in [5.41, 5.74) is 1.83. The van der Waals surface area contributed by atoms with Gasteiger partial charge in [0.1, 0.15) is 5.75 Å². The second kappa shape index (κ2) is 6.16. The minimum atomic E-state index is 0.177. The van der Waals surface area contributed by atoms with E-state index >= 15 is 0 Å². The van der Waals surface area contributed by atoms with Crippen LogP contribution in [0.1, 0.15) is 19.0 Å². The van der Waals surface area contributed by atoms with Crippen molar-refractivity contribution in [3.05, 3.63) is 36.2 Å². The van der Waals surface area contributed by atoms with Gasteiger partial charge in [-0.25, -0.2) is 4.68 Å². The third kappa shape index (κ3) is 3.07. The van der Waals surface area contributed by atoms with Crippen LogP contribution in [-0.4, -0.2) is 33.3 Å². The molecule has 0 aliphatic rings. The van der Waals surface area contributed by atoms with E-state index in [2.05, 4.69) is 10.3 Å². The lowest BCUT2D eigenvalue weighted by atomic mass is 10.2. The highest BCUT2D eigenvalue weighted by atomic mass is 16.5. The van der Waals surface area contributed by atoms with Gasteiger partial charge < -0.3 is 9.84 Å². The summed E-state index contributed by atoms with van der Waals surface area (Å²) in [6, 6.07) is 7.70. The zero-order valence-electron chi connectivity index (χ0n) is 10.4. The highest BCUT2D eigenvalue weighted by molar-refractivity contribution is 5.36. The Morgan fingerprint density at radius 2 is 2.06 bits per heavy atom. The molecule has 1 heterocycles. The van der Waals surface area contributed by atoms with Crippen molar-refractivity contribution in [1.29, 1.82) is 0 Å². The third-order valence-corrected chi connectivity index (χ3v) is 2.54. The summed E-state index contributed by atoms with van der Waals surface area (Å²) in [6.07, 6.45) is 3.33. The molecule has 0 atom stereocenters. The number of aliphatic hydroxyl groups excluding tert-OH is 1. The molecule has 0 radical (unpaired) electrons. The van der Waals surface area contributed by atoms with Crippen LogP contribution in [0.3, 0.4) is 0 Å². The lowest BCUT2D eigenvalue weighted by Crippen LogP contribution is -1.96. The molecule has 0 unspecified atom stereocenters. The van der Waals surface area contributed by atoms with Crippen LogP contribution in [0.4, 0.5) is 0 Å². The normalized spacial score (nSPS) is 10.6. The summed E-state index contributed by atoms with van der Waals surface area (Å²) in [7, 11) is 0. The number of benzene rings is 1. The molecule has 2 aromatic rings. The van der Waals surface area contributed by atoms with Gasteiger partial charge in [0.15, 0.2) is 0 Å². The number of aromatic nitrogens is 3. The Kier molecular flexibility index (Phi) is 4.30. The average Bonchev–Trinajstić information content (AvgIpc) is 2.86. The van der Waals surface area contributed by atoms with Crippen LogP contribution in [0.2, 0.25) is 0 Å². The summed E-state index contributed by atoms with van der Waals surface area (Å²) >= 11 is 0. The smallest absolute Gasteiger partial charge is 0.119 e. The Bertz CT molecular complexity index is 479. The van der Waals surface area contributed by atoms with E-state index in [0.29, 0.717) is 13.0 Å². The first-order valence-corrected chi connectivity index (χ1v) is 6.09. The molecule has 5 heteroatoms. The summed E-state index contributed by atoms with van der Waals surface area (Å²) < 4.78 is 7.11. The van der Waals surface area contributed by atoms with Crippen LogP contribution in [0, 0.1) is 0 Å². The number of hydrogen-bond donors (Lipinski definition) is 1.